The molecule has 0 radical (unpaired) electrons. The lowest BCUT2D eigenvalue weighted by molar-refractivity contribution is 0.590. The van der Waals surface area contributed by atoms with Crippen molar-refractivity contribution >= 4 is 201 Å². The lowest BCUT2D eigenvalue weighted by Gasteiger charge is -2.45. The molecule has 0 saturated heterocycles. The van der Waals surface area contributed by atoms with Crippen molar-refractivity contribution in [2.75, 3.05) is 29.4 Å². The first kappa shape index (κ1) is 85.0. The lowest BCUT2D eigenvalue weighted by atomic mass is 9.33. The highest BCUT2D eigenvalue weighted by Gasteiger charge is 2.48. The van der Waals surface area contributed by atoms with Crippen LogP contribution in [0.3, 0.4) is 0 Å². The van der Waals surface area contributed by atoms with Crippen LogP contribution in [0.25, 0.3) is 0 Å². The van der Waals surface area contributed by atoms with Crippen molar-refractivity contribution in [2.45, 2.75) is 72.8 Å². The molecule has 0 aromatic heterocycles. The van der Waals surface area contributed by atoms with E-state index in [1.165, 1.54) is 137 Å². The molecule has 0 fully saturated rings. The summed E-state index contributed by atoms with van der Waals surface area (Å²) in [4.78, 5) is 15.0. The minimum atomic E-state index is -2.78. The third kappa shape index (κ3) is 15.1. The SMILES string of the molecule is C[Si](c1ccccc1)(c1ccccc1)c1ccc(N(c2ccccc2)c2cc3c4c(c2)N(c2ccccc2)c2ccccc2B4c2ccccc2N3c2ccccc2)cc1.Cc1ccc(N2c3ccc(C)cc3B3c4cc(C(C)(C)C)ccc4N(c4ccc(C(C)(C)C)cc4)c4cc(N(c5ccccc5)c5ccc([Si](c6ccccc6)(c6ccccc6)c6ccccc6)cc5)cc2c43)cc1. The van der Waals surface area contributed by atoms with Gasteiger partial charge in [-0.25, -0.2) is 0 Å². The van der Waals surface area contributed by atoms with Crippen molar-refractivity contribution in [1.82, 2.24) is 0 Å². The number of hydrogen-bond acceptors (Lipinski definition) is 6. The average Bonchev–Trinajstić information content (AvgIpc) is 0.672. The van der Waals surface area contributed by atoms with Gasteiger partial charge in [0.05, 0.1) is 11.4 Å². The summed E-state index contributed by atoms with van der Waals surface area (Å²) < 4.78 is 0. The number of benzene rings is 19. The summed E-state index contributed by atoms with van der Waals surface area (Å²) in [6.07, 6.45) is 0. The smallest absolute Gasteiger partial charge is 0.252 e. The molecule has 0 saturated carbocycles. The Morgan fingerprint density at radius 2 is 0.474 bits per heavy atom. The fourth-order valence-corrected chi connectivity index (χ4v) is 30.0. The number of fused-ring (bicyclic) bond motifs is 8. The normalized spacial score (nSPS) is 12.8. The maximum absolute atomic E-state index is 2.78. The molecule has 23 rings (SSSR count). The van der Waals surface area contributed by atoms with E-state index in [4.69, 9.17) is 0 Å². The van der Waals surface area contributed by atoms with Gasteiger partial charge in [0, 0.05) is 91.0 Å². The van der Waals surface area contributed by atoms with Crippen LogP contribution in [0.5, 0.6) is 0 Å². The van der Waals surface area contributed by atoms with E-state index in [9.17, 15) is 0 Å². The predicted molar refractivity (Wildman–Crippen MR) is 584 cm³/mol. The van der Waals surface area contributed by atoms with E-state index in [0.717, 1.165) is 56.9 Å². The second kappa shape index (κ2) is 34.9. The molecule has 4 aliphatic rings. The summed E-state index contributed by atoms with van der Waals surface area (Å²) in [5, 5.41) is 9.57. The summed E-state index contributed by atoms with van der Waals surface area (Å²) in [7, 11) is -5.10. The van der Waals surface area contributed by atoms with Gasteiger partial charge in [0.15, 0.2) is 8.07 Å². The zero-order valence-electron chi connectivity index (χ0n) is 77.9. The highest BCUT2D eigenvalue weighted by molar-refractivity contribution is 7.20. The summed E-state index contributed by atoms with van der Waals surface area (Å²) in [5.41, 5.74) is 33.6. The van der Waals surface area contributed by atoms with Crippen LogP contribution in [0.2, 0.25) is 6.55 Å². The maximum Gasteiger partial charge on any atom is 0.252 e. The van der Waals surface area contributed by atoms with Crippen molar-refractivity contribution < 1.29 is 0 Å². The first-order valence-corrected chi connectivity index (χ1v) is 51.9. The van der Waals surface area contributed by atoms with E-state index in [0.29, 0.717) is 0 Å². The van der Waals surface area contributed by atoms with E-state index in [1.807, 2.05) is 0 Å². The van der Waals surface area contributed by atoms with Gasteiger partial charge in [-0.15, -0.1) is 0 Å². The van der Waals surface area contributed by atoms with Crippen LogP contribution in [0, 0.1) is 13.8 Å². The van der Waals surface area contributed by atoms with E-state index in [2.05, 4.69) is 571 Å². The van der Waals surface area contributed by atoms with E-state index in [1.54, 1.807) is 0 Å². The predicted octanol–water partition coefficient (Wildman–Crippen LogP) is 24.2. The van der Waals surface area contributed by atoms with Gasteiger partial charge in [-0.3, -0.25) is 0 Å². The van der Waals surface area contributed by atoms with Crippen LogP contribution in [-0.2, 0) is 10.8 Å². The van der Waals surface area contributed by atoms with Crippen LogP contribution >= 0.6 is 0 Å². The quantitative estimate of drug-likeness (QED) is 0.0664. The molecule has 0 N–H and O–H groups in total. The number of hydrogen-bond donors (Lipinski definition) is 0. The number of nitrogens with zero attached hydrogens (tertiary/aromatic N) is 6. The van der Waals surface area contributed by atoms with Gasteiger partial charge in [0.2, 0.25) is 0 Å². The van der Waals surface area contributed by atoms with Crippen LogP contribution < -0.4 is 98.5 Å². The largest absolute Gasteiger partial charge is 0.311 e. The summed E-state index contributed by atoms with van der Waals surface area (Å²) in [6, 6.07) is 179. The molecule has 0 aliphatic carbocycles. The van der Waals surface area contributed by atoms with E-state index < -0.39 is 16.1 Å². The monoisotopic (exact) mass is 1770 g/mol. The Labute approximate surface area is 798 Å². The Morgan fingerprint density at radius 1 is 0.207 bits per heavy atom. The van der Waals surface area contributed by atoms with Gasteiger partial charge >= 0.3 is 0 Å². The molecule has 4 aliphatic heterocycles. The first-order chi connectivity index (χ1) is 66.0. The standard InChI is InChI=1S/C70H64BN3Si.C55H42BN3Si/c1-49-29-35-55(36-30-49)73-64-43-31-50(2)45-62(64)71-63-46-52(70(6,7)8)34-44-65(63)74(56-37-32-51(33-38-56)69(3,4)5)67-48-57(47-66(73)68(67)71)72(53-21-13-9-14-22-53)54-39-41-61(42-40-54)75(58-23-15-10-16-24-58,59-25-17-11-18-26-59)60-27-19-12-20-28-60;1-60(46-27-13-5-14-28-46,47-29-15-6-16-30-47)48-37-35-44(36-38-48)57(41-21-7-2-8-22-41)45-39-53-55-54(40-45)59(43-25-11-4-12-26-43)52-34-20-18-32-50(52)56(55)49-31-17-19-33-51(49)58(53)42-23-9-3-10-24-42/h9-48H,1-8H3;2-40H,1H3. The van der Waals surface area contributed by atoms with Gasteiger partial charge in [-0.1, -0.05) is 393 Å². The summed E-state index contributed by atoms with van der Waals surface area (Å²) >= 11 is 0. The Hall–Kier alpha value is -15.5. The van der Waals surface area contributed by atoms with Gasteiger partial charge in [0.25, 0.3) is 13.4 Å². The summed E-state index contributed by atoms with van der Waals surface area (Å²) in [5.74, 6) is 0. The Bertz CT molecular complexity index is 7270. The van der Waals surface area contributed by atoms with Crippen LogP contribution in [0.15, 0.2) is 479 Å². The highest BCUT2D eigenvalue weighted by Crippen LogP contribution is 2.52. The zero-order chi connectivity index (χ0) is 91.7. The fourth-order valence-electron chi connectivity index (χ4n) is 21.7. The molecule has 19 aromatic carbocycles. The first-order valence-electron chi connectivity index (χ1n) is 47.4. The molecule has 6 nitrogen and oxygen atoms in total. The Kier molecular flexibility index (Phi) is 22.0. The number of para-hydroxylation sites is 6. The Balaban J connectivity index is 0.000000161. The molecule has 4 heterocycles. The molecular formula is C125H106B2N6Si2. The lowest BCUT2D eigenvalue weighted by Crippen LogP contribution is -2.74. The second-order valence-corrected chi connectivity index (χ2v) is 46.4. The van der Waals surface area contributed by atoms with Crippen molar-refractivity contribution in [3.05, 3.63) is 501 Å². The van der Waals surface area contributed by atoms with Gasteiger partial charge in [0.1, 0.15) is 8.07 Å². The maximum atomic E-state index is 2.56. The highest BCUT2D eigenvalue weighted by atomic mass is 28.3. The number of aryl methyl sites for hydroxylation is 2. The minimum Gasteiger partial charge on any atom is -0.311 e. The van der Waals surface area contributed by atoms with Gasteiger partial charge < -0.3 is 29.4 Å². The third-order valence-electron chi connectivity index (χ3n) is 28.4. The summed E-state index contributed by atoms with van der Waals surface area (Å²) in [6.45, 7) is 20.8. The van der Waals surface area contributed by atoms with Crippen molar-refractivity contribution in [2.24, 2.45) is 0 Å². The third-order valence-corrected chi connectivity index (χ3v) is 37.6. The van der Waals surface area contributed by atoms with E-state index >= 15 is 0 Å². The van der Waals surface area contributed by atoms with Crippen molar-refractivity contribution in [3.8, 4) is 0 Å². The molecule has 650 valence electrons. The van der Waals surface area contributed by atoms with Crippen LogP contribution in [-0.4, -0.2) is 29.6 Å². The number of rotatable bonds is 17. The van der Waals surface area contributed by atoms with Crippen molar-refractivity contribution in [3.63, 3.8) is 0 Å². The van der Waals surface area contributed by atoms with Gasteiger partial charge in [-0.05, 0) is 250 Å². The number of anilines is 18. The second-order valence-electron chi connectivity index (χ2n) is 38.7. The molecule has 0 spiro atoms. The van der Waals surface area contributed by atoms with Crippen LogP contribution in [0.1, 0.15) is 63.8 Å². The fraction of sp³-hybridized carbons (Fsp3) is 0.0880. The topological polar surface area (TPSA) is 19.4 Å². The molecular weight excluding hydrogens is 1660 g/mol. The molecule has 19 aromatic rings. The molecule has 135 heavy (non-hydrogen) atoms. The minimum absolute atomic E-state index is 0.0113. The average molecular weight is 1770 g/mol. The molecule has 0 atom stereocenters. The molecule has 0 unspecified atom stereocenters. The molecule has 0 bridgehead atoms. The van der Waals surface area contributed by atoms with Gasteiger partial charge in [-0.2, -0.15) is 0 Å². The molecule has 10 heteroatoms. The zero-order valence-corrected chi connectivity index (χ0v) is 79.9. The molecule has 0 amide bonds. The van der Waals surface area contributed by atoms with E-state index in [-0.39, 0.29) is 24.3 Å². The van der Waals surface area contributed by atoms with Crippen molar-refractivity contribution in [1.29, 1.82) is 0 Å². The Morgan fingerprint density at radius 3 is 0.859 bits per heavy atom. The van der Waals surface area contributed by atoms with Crippen LogP contribution in [0.4, 0.5) is 102 Å².